The molecule has 0 aromatic carbocycles. The molecule has 5 nitrogen and oxygen atoms in total. The first-order valence-electron chi connectivity index (χ1n) is 7.04. The highest BCUT2D eigenvalue weighted by Crippen LogP contribution is 2.16. The van der Waals surface area contributed by atoms with Crippen LogP contribution in [-0.4, -0.2) is 54.0 Å². The molecule has 0 spiro atoms. The van der Waals surface area contributed by atoms with Gasteiger partial charge in [-0.2, -0.15) is 0 Å². The zero-order chi connectivity index (χ0) is 13.7. The van der Waals surface area contributed by atoms with Gasteiger partial charge in [-0.25, -0.2) is 4.98 Å². The van der Waals surface area contributed by atoms with Crippen molar-refractivity contribution in [3.63, 3.8) is 0 Å². The molecule has 1 aromatic heterocycles. The predicted octanol–water partition coefficient (Wildman–Crippen LogP) is 1.70. The molecular weight excluding hydrogens is 242 g/mol. The Labute approximate surface area is 115 Å². The van der Waals surface area contributed by atoms with E-state index in [2.05, 4.69) is 34.5 Å². The summed E-state index contributed by atoms with van der Waals surface area (Å²) in [4.78, 5) is 6.96. The lowest BCUT2D eigenvalue weighted by atomic mass is 10.1. The maximum atomic E-state index is 5.58. The average molecular weight is 267 g/mol. The van der Waals surface area contributed by atoms with E-state index in [0.29, 0.717) is 12.1 Å². The van der Waals surface area contributed by atoms with Crippen LogP contribution in [0.5, 0.6) is 0 Å². The highest BCUT2D eigenvalue weighted by molar-refractivity contribution is 4.95. The smallest absolute Gasteiger partial charge is 0.123 e. The SMILES string of the molecule is COCCC1COCCN1Cc1nccn1C(C)C. The van der Waals surface area contributed by atoms with Crippen molar-refractivity contribution in [2.45, 2.75) is 38.9 Å². The average Bonchev–Trinajstić information content (AvgIpc) is 2.86. The van der Waals surface area contributed by atoms with E-state index in [0.717, 1.165) is 45.2 Å². The highest BCUT2D eigenvalue weighted by Gasteiger charge is 2.24. The number of aromatic nitrogens is 2. The minimum Gasteiger partial charge on any atom is -0.385 e. The zero-order valence-electron chi connectivity index (χ0n) is 12.2. The first-order chi connectivity index (χ1) is 9.22. The van der Waals surface area contributed by atoms with Gasteiger partial charge < -0.3 is 14.0 Å². The van der Waals surface area contributed by atoms with Crippen LogP contribution in [0.25, 0.3) is 0 Å². The molecule has 1 fully saturated rings. The summed E-state index contributed by atoms with van der Waals surface area (Å²) < 4.78 is 13.0. The van der Waals surface area contributed by atoms with Crippen LogP contribution in [-0.2, 0) is 16.0 Å². The van der Waals surface area contributed by atoms with E-state index in [-0.39, 0.29) is 0 Å². The Hall–Kier alpha value is -0.910. The van der Waals surface area contributed by atoms with Crippen LogP contribution < -0.4 is 0 Å². The maximum absolute atomic E-state index is 5.58. The van der Waals surface area contributed by atoms with Crippen molar-refractivity contribution < 1.29 is 9.47 Å². The first-order valence-corrected chi connectivity index (χ1v) is 7.04. The topological polar surface area (TPSA) is 39.5 Å². The molecule has 2 heterocycles. The largest absolute Gasteiger partial charge is 0.385 e. The standard InChI is InChI=1S/C14H25N3O2/c1-12(2)17-6-5-15-14(17)10-16-7-9-19-11-13(16)4-8-18-3/h5-6,12-13H,4,7-11H2,1-3H3. The third-order valence-corrected chi connectivity index (χ3v) is 3.65. The van der Waals surface area contributed by atoms with Crippen molar-refractivity contribution in [1.29, 1.82) is 0 Å². The second-order valence-corrected chi connectivity index (χ2v) is 5.33. The molecule has 1 aliphatic heterocycles. The van der Waals surface area contributed by atoms with E-state index >= 15 is 0 Å². The van der Waals surface area contributed by atoms with Gasteiger partial charge in [-0.05, 0) is 20.3 Å². The third-order valence-electron chi connectivity index (χ3n) is 3.65. The van der Waals surface area contributed by atoms with E-state index in [1.54, 1.807) is 7.11 Å². The normalized spacial score (nSPS) is 21.2. The number of rotatable bonds is 6. The summed E-state index contributed by atoms with van der Waals surface area (Å²) in [7, 11) is 1.75. The molecular formula is C14H25N3O2. The monoisotopic (exact) mass is 267 g/mol. The zero-order valence-corrected chi connectivity index (χ0v) is 12.2. The van der Waals surface area contributed by atoms with Crippen LogP contribution in [0.3, 0.4) is 0 Å². The summed E-state index contributed by atoms with van der Waals surface area (Å²) in [6.07, 6.45) is 4.96. The molecule has 2 rings (SSSR count). The van der Waals surface area contributed by atoms with Crippen LogP contribution in [0, 0.1) is 0 Å². The molecule has 1 saturated heterocycles. The molecule has 0 saturated carbocycles. The fraction of sp³-hybridized carbons (Fsp3) is 0.786. The van der Waals surface area contributed by atoms with Gasteiger partial charge in [0.1, 0.15) is 5.82 Å². The number of nitrogens with zero attached hydrogens (tertiary/aromatic N) is 3. The molecule has 19 heavy (non-hydrogen) atoms. The van der Waals surface area contributed by atoms with Crippen molar-refractivity contribution in [3.05, 3.63) is 18.2 Å². The van der Waals surface area contributed by atoms with Crippen molar-refractivity contribution in [3.8, 4) is 0 Å². The van der Waals surface area contributed by atoms with Crippen LogP contribution >= 0.6 is 0 Å². The number of hydrogen-bond acceptors (Lipinski definition) is 4. The third kappa shape index (κ3) is 3.78. The van der Waals surface area contributed by atoms with Crippen molar-refractivity contribution in [1.82, 2.24) is 14.5 Å². The summed E-state index contributed by atoms with van der Waals surface area (Å²) in [6.45, 7) is 8.63. The fourth-order valence-corrected chi connectivity index (χ4v) is 2.54. The lowest BCUT2D eigenvalue weighted by Gasteiger charge is -2.35. The highest BCUT2D eigenvalue weighted by atomic mass is 16.5. The summed E-state index contributed by atoms with van der Waals surface area (Å²) >= 11 is 0. The van der Waals surface area contributed by atoms with Crippen LogP contribution in [0.1, 0.15) is 32.1 Å². The second kappa shape index (κ2) is 7.03. The lowest BCUT2D eigenvalue weighted by Crippen LogP contribution is -2.45. The Balaban J connectivity index is 2.00. The minimum atomic E-state index is 0.436. The van der Waals surface area contributed by atoms with Crippen molar-refractivity contribution >= 4 is 0 Å². The van der Waals surface area contributed by atoms with E-state index in [4.69, 9.17) is 9.47 Å². The number of morpholine rings is 1. The molecule has 1 aromatic rings. The van der Waals surface area contributed by atoms with Gasteiger partial charge in [-0.15, -0.1) is 0 Å². The van der Waals surface area contributed by atoms with Crippen molar-refractivity contribution in [2.75, 3.05) is 33.5 Å². The fourth-order valence-electron chi connectivity index (χ4n) is 2.54. The lowest BCUT2D eigenvalue weighted by molar-refractivity contribution is -0.0233. The van der Waals surface area contributed by atoms with Gasteiger partial charge >= 0.3 is 0 Å². The Morgan fingerprint density at radius 2 is 2.37 bits per heavy atom. The van der Waals surface area contributed by atoms with Gasteiger partial charge in [0.05, 0.1) is 19.8 Å². The Morgan fingerprint density at radius 1 is 1.53 bits per heavy atom. The predicted molar refractivity (Wildman–Crippen MR) is 74.1 cm³/mol. The summed E-state index contributed by atoms with van der Waals surface area (Å²) in [6, 6.07) is 0.891. The maximum Gasteiger partial charge on any atom is 0.123 e. The first kappa shape index (κ1) is 14.5. The molecule has 1 unspecified atom stereocenters. The summed E-state index contributed by atoms with van der Waals surface area (Å²) in [5, 5.41) is 0. The number of hydrogen-bond donors (Lipinski definition) is 0. The molecule has 0 amide bonds. The Bertz CT molecular complexity index is 379. The van der Waals surface area contributed by atoms with E-state index in [1.807, 2.05) is 6.20 Å². The molecule has 0 aliphatic carbocycles. The van der Waals surface area contributed by atoms with Gasteiger partial charge in [0, 0.05) is 44.7 Å². The van der Waals surface area contributed by atoms with Crippen molar-refractivity contribution in [2.24, 2.45) is 0 Å². The molecule has 0 N–H and O–H groups in total. The summed E-state index contributed by atoms with van der Waals surface area (Å²) in [5.41, 5.74) is 0. The van der Waals surface area contributed by atoms with E-state index in [9.17, 15) is 0 Å². The van der Waals surface area contributed by atoms with E-state index < -0.39 is 0 Å². The second-order valence-electron chi connectivity index (χ2n) is 5.33. The van der Waals surface area contributed by atoms with Gasteiger partial charge in [0.2, 0.25) is 0 Å². The van der Waals surface area contributed by atoms with Crippen LogP contribution in [0.4, 0.5) is 0 Å². The molecule has 1 atom stereocenters. The van der Waals surface area contributed by atoms with Crippen LogP contribution in [0.15, 0.2) is 12.4 Å². The molecule has 108 valence electrons. The van der Waals surface area contributed by atoms with Gasteiger partial charge in [0.15, 0.2) is 0 Å². The molecule has 1 aliphatic rings. The van der Waals surface area contributed by atoms with E-state index in [1.165, 1.54) is 0 Å². The summed E-state index contributed by atoms with van der Waals surface area (Å²) in [5.74, 6) is 1.14. The van der Waals surface area contributed by atoms with Gasteiger partial charge in [-0.3, -0.25) is 4.90 Å². The van der Waals surface area contributed by atoms with Gasteiger partial charge in [-0.1, -0.05) is 0 Å². The molecule has 0 bridgehead atoms. The number of ether oxygens (including phenoxy) is 2. The Kier molecular flexibility index (Phi) is 5.36. The number of imidazole rings is 1. The van der Waals surface area contributed by atoms with Crippen LogP contribution in [0.2, 0.25) is 0 Å². The molecule has 5 heteroatoms. The van der Waals surface area contributed by atoms with Gasteiger partial charge in [0.25, 0.3) is 0 Å². The molecule has 0 radical (unpaired) electrons. The Morgan fingerprint density at radius 3 is 3.11 bits per heavy atom. The number of methoxy groups -OCH3 is 1. The minimum absolute atomic E-state index is 0.436. The quantitative estimate of drug-likeness (QED) is 0.786.